The first-order valence-electron chi connectivity index (χ1n) is 8.99. The van der Waals surface area contributed by atoms with Crippen LogP contribution in [-0.4, -0.2) is 36.0 Å². The predicted octanol–water partition coefficient (Wildman–Crippen LogP) is 1.68. The topological polar surface area (TPSA) is 59.3 Å². The van der Waals surface area contributed by atoms with Gasteiger partial charge in [0.15, 0.2) is 12.4 Å². The van der Waals surface area contributed by atoms with Gasteiger partial charge in [0.2, 0.25) is 0 Å². The molecule has 5 heteroatoms. The molecule has 0 saturated carbocycles. The first kappa shape index (κ1) is 16.1. The molecule has 1 aliphatic carbocycles. The van der Waals surface area contributed by atoms with E-state index in [9.17, 15) is 10.0 Å². The van der Waals surface area contributed by atoms with Crippen molar-refractivity contribution < 1.29 is 9.52 Å². The number of carbonyl (C=O) groups is 1. The van der Waals surface area contributed by atoms with Crippen molar-refractivity contribution in [1.29, 1.82) is 0 Å². The van der Waals surface area contributed by atoms with Gasteiger partial charge in [0.25, 0.3) is 5.91 Å². The van der Waals surface area contributed by atoms with Gasteiger partial charge in [-0.1, -0.05) is 24.3 Å². The number of hydrogen-bond acceptors (Lipinski definition) is 3. The lowest BCUT2D eigenvalue weighted by atomic mass is 10.0. The summed E-state index contributed by atoms with van der Waals surface area (Å²) >= 11 is 0. The highest BCUT2D eigenvalue weighted by Gasteiger charge is 2.30. The van der Waals surface area contributed by atoms with Gasteiger partial charge in [0, 0.05) is 30.8 Å². The summed E-state index contributed by atoms with van der Waals surface area (Å²) in [5.74, 6) is -0.0952. The van der Waals surface area contributed by atoms with Crippen LogP contribution in [0.25, 0.3) is 0 Å². The van der Waals surface area contributed by atoms with E-state index in [1.165, 1.54) is 23.5 Å². The highest BCUT2D eigenvalue weighted by atomic mass is 16.5. The Bertz CT molecular complexity index is 735. The van der Waals surface area contributed by atoms with Gasteiger partial charge < -0.3 is 10.5 Å². The van der Waals surface area contributed by atoms with E-state index >= 15 is 0 Å². The zero-order chi connectivity index (χ0) is 17.2. The number of pyridine rings is 1. The van der Waals surface area contributed by atoms with Crippen LogP contribution >= 0.6 is 0 Å². The molecule has 1 N–H and O–H groups in total. The van der Waals surface area contributed by atoms with Gasteiger partial charge in [-0.15, -0.1) is 0 Å². The minimum absolute atomic E-state index is 0.0952. The number of likely N-dealkylation sites (tertiary alicyclic amines) is 1. The Kier molecular flexibility index (Phi) is 4.40. The predicted molar refractivity (Wildman–Crippen MR) is 95.1 cm³/mol. The van der Waals surface area contributed by atoms with Crippen molar-refractivity contribution in [2.45, 2.75) is 37.8 Å². The molecule has 130 valence electrons. The number of benzene rings is 1. The Balaban J connectivity index is 1.37. The lowest BCUT2D eigenvalue weighted by molar-refractivity contribution is -0.605. The number of aromatic nitrogens is 1. The SMILES string of the molecule is O=C(NC1CCCN(C2Cc3ccccc3C2)C1)c1cc[n+]([O-])cc1. The van der Waals surface area contributed by atoms with Crippen molar-refractivity contribution in [2.24, 2.45) is 0 Å². The van der Waals surface area contributed by atoms with Crippen LogP contribution in [0.4, 0.5) is 0 Å². The molecule has 1 atom stereocenters. The Morgan fingerprint density at radius 1 is 1.12 bits per heavy atom. The molecule has 1 unspecified atom stereocenters. The smallest absolute Gasteiger partial charge is 0.251 e. The van der Waals surface area contributed by atoms with Crippen LogP contribution in [0.1, 0.15) is 34.3 Å². The van der Waals surface area contributed by atoms with E-state index in [4.69, 9.17) is 0 Å². The van der Waals surface area contributed by atoms with Crippen molar-refractivity contribution in [3.05, 3.63) is 70.7 Å². The molecule has 2 heterocycles. The highest BCUT2D eigenvalue weighted by molar-refractivity contribution is 5.94. The quantitative estimate of drug-likeness (QED) is 0.685. The van der Waals surface area contributed by atoms with Crippen molar-refractivity contribution in [3.63, 3.8) is 0 Å². The number of rotatable bonds is 3. The van der Waals surface area contributed by atoms with E-state index in [0.29, 0.717) is 16.3 Å². The first-order valence-corrected chi connectivity index (χ1v) is 8.99. The number of carbonyl (C=O) groups excluding carboxylic acids is 1. The van der Waals surface area contributed by atoms with E-state index in [1.54, 1.807) is 12.1 Å². The van der Waals surface area contributed by atoms with Crippen LogP contribution in [0.3, 0.4) is 0 Å². The average Bonchev–Trinajstić information content (AvgIpc) is 3.07. The Labute approximate surface area is 147 Å². The summed E-state index contributed by atoms with van der Waals surface area (Å²) < 4.78 is 0.691. The standard InChI is InChI=1S/C20H23N3O2/c24-20(15-7-10-23(25)11-8-15)21-18-6-3-9-22(14-18)19-12-16-4-1-2-5-17(16)13-19/h1-2,4-5,7-8,10-11,18-19H,3,6,9,12-14H2,(H,21,24). The van der Waals surface area contributed by atoms with Crippen LogP contribution in [0.15, 0.2) is 48.8 Å². The van der Waals surface area contributed by atoms with E-state index < -0.39 is 0 Å². The molecule has 0 bridgehead atoms. The zero-order valence-electron chi connectivity index (χ0n) is 14.2. The number of piperidine rings is 1. The number of hydrogen-bond donors (Lipinski definition) is 1. The lowest BCUT2D eigenvalue weighted by Gasteiger charge is -2.37. The molecule has 1 amide bonds. The summed E-state index contributed by atoms with van der Waals surface area (Å²) in [5.41, 5.74) is 3.47. The first-order chi connectivity index (χ1) is 12.2. The maximum absolute atomic E-state index is 12.4. The van der Waals surface area contributed by atoms with Crippen LogP contribution in [0.2, 0.25) is 0 Å². The molecule has 0 radical (unpaired) electrons. The van der Waals surface area contributed by atoms with Gasteiger partial charge >= 0.3 is 0 Å². The maximum atomic E-state index is 12.4. The molecule has 4 rings (SSSR count). The van der Waals surface area contributed by atoms with E-state index in [2.05, 4.69) is 34.5 Å². The van der Waals surface area contributed by atoms with Gasteiger partial charge in [-0.3, -0.25) is 9.69 Å². The molecule has 2 aromatic rings. The molecule has 1 aromatic carbocycles. The number of nitrogens with one attached hydrogen (secondary N) is 1. The molecule has 1 fully saturated rings. The molecule has 5 nitrogen and oxygen atoms in total. The second-order valence-electron chi connectivity index (χ2n) is 7.09. The summed E-state index contributed by atoms with van der Waals surface area (Å²) in [6.07, 6.45) is 7.05. The fourth-order valence-electron chi connectivity index (χ4n) is 4.08. The van der Waals surface area contributed by atoms with Crippen LogP contribution in [0.5, 0.6) is 0 Å². The van der Waals surface area contributed by atoms with Crippen molar-refractivity contribution in [3.8, 4) is 0 Å². The molecule has 1 aliphatic heterocycles. The average molecular weight is 337 g/mol. The highest BCUT2D eigenvalue weighted by Crippen LogP contribution is 2.27. The second kappa shape index (κ2) is 6.84. The molecule has 1 saturated heterocycles. The van der Waals surface area contributed by atoms with Crippen LogP contribution < -0.4 is 10.0 Å². The van der Waals surface area contributed by atoms with E-state index in [0.717, 1.165) is 38.8 Å². The van der Waals surface area contributed by atoms with Gasteiger partial charge in [-0.2, -0.15) is 4.73 Å². The Morgan fingerprint density at radius 3 is 2.48 bits per heavy atom. The largest absolute Gasteiger partial charge is 0.619 e. The minimum atomic E-state index is -0.0952. The maximum Gasteiger partial charge on any atom is 0.251 e. The number of nitrogens with zero attached hydrogens (tertiary/aromatic N) is 2. The molecule has 0 spiro atoms. The molecular weight excluding hydrogens is 314 g/mol. The fraction of sp³-hybridized carbons (Fsp3) is 0.400. The summed E-state index contributed by atoms with van der Waals surface area (Å²) in [6, 6.07) is 12.6. The zero-order valence-corrected chi connectivity index (χ0v) is 14.2. The van der Waals surface area contributed by atoms with Gasteiger partial charge in [0.1, 0.15) is 0 Å². The van der Waals surface area contributed by atoms with Gasteiger partial charge in [0.05, 0.1) is 5.56 Å². The third-order valence-electron chi connectivity index (χ3n) is 5.40. The van der Waals surface area contributed by atoms with Gasteiger partial charge in [-0.25, -0.2) is 0 Å². The lowest BCUT2D eigenvalue weighted by Crippen LogP contribution is -2.51. The summed E-state index contributed by atoms with van der Waals surface area (Å²) in [4.78, 5) is 14.9. The molecular formula is C20H23N3O2. The van der Waals surface area contributed by atoms with Crippen molar-refractivity contribution in [2.75, 3.05) is 13.1 Å². The summed E-state index contributed by atoms with van der Waals surface area (Å²) in [6.45, 7) is 2.01. The second-order valence-corrected chi connectivity index (χ2v) is 7.09. The molecule has 1 aromatic heterocycles. The number of fused-ring (bicyclic) bond motifs is 1. The summed E-state index contributed by atoms with van der Waals surface area (Å²) in [5, 5.41) is 14.2. The van der Waals surface area contributed by atoms with Gasteiger partial charge in [-0.05, 0) is 43.4 Å². The summed E-state index contributed by atoms with van der Waals surface area (Å²) in [7, 11) is 0. The minimum Gasteiger partial charge on any atom is -0.619 e. The van der Waals surface area contributed by atoms with Crippen LogP contribution in [-0.2, 0) is 12.8 Å². The number of amides is 1. The normalized spacial score (nSPS) is 21.0. The third kappa shape index (κ3) is 3.51. The van der Waals surface area contributed by atoms with Crippen molar-refractivity contribution in [1.82, 2.24) is 10.2 Å². The third-order valence-corrected chi connectivity index (χ3v) is 5.40. The Hall–Kier alpha value is -2.40. The van der Waals surface area contributed by atoms with Crippen LogP contribution in [0, 0.1) is 5.21 Å². The van der Waals surface area contributed by atoms with Crippen molar-refractivity contribution >= 4 is 5.91 Å². The monoisotopic (exact) mass is 337 g/mol. The van der Waals surface area contributed by atoms with E-state index in [1.807, 2.05) is 0 Å². The van der Waals surface area contributed by atoms with E-state index in [-0.39, 0.29) is 11.9 Å². The fourth-order valence-corrected chi connectivity index (χ4v) is 4.08. The Morgan fingerprint density at radius 2 is 1.80 bits per heavy atom. The molecule has 25 heavy (non-hydrogen) atoms. The molecule has 2 aliphatic rings.